The van der Waals surface area contributed by atoms with Crippen LogP contribution in [0.4, 0.5) is 0 Å². The molecule has 0 N–H and O–H groups in total. The highest BCUT2D eigenvalue weighted by atomic mass is 79.9. The summed E-state index contributed by atoms with van der Waals surface area (Å²) in [6, 6.07) is 43.8. The zero-order chi connectivity index (χ0) is 19.2. The van der Waals surface area contributed by atoms with Gasteiger partial charge in [0.05, 0.1) is 0 Å². The summed E-state index contributed by atoms with van der Waals surface area (Å²) < 4.78 is 0. The fourth-order valence-electron chi connectivity index (χ4n) is 3.26. The smallest absolute Gasteiger partial charge is 0.141 e. The van der Waals surface area contributed by atoms with Crippen LogP contribution in [-0.4, -0.2) is 4.98 Å². The maximum atomic E-state index is 4.22. The molecule has 0 nitrogen and oxygen atoms in total. The Labute approximate surface area is 178 Å². The number of hydrogen-bond acceptors (Lipinski definition) is 0. The highest BCUT2D eigenvalue weighted by Gasteiger charge is 2.35. The van der Waals surface area contributed by atoms with E-state index in [1.807, 2.05) is 0 Å². The summed E-state index contributed by atoms with van der Waals surface area (Å²) in [4.78, 5) is 0.340. The Morgan fingerprint density at radius 2 is 0.607 bits per heavy atom. The van der Waals surface area contributed by atoms with E-state index in [0.29, 0.717) is 4.98 Å². The van der Waals surface area contributed by atoms with E-state index < -0.39 is 15.6 Å². The largest absolute Gasteiger partial charge is 0.296 e. The molecule has 136 valence electrons. The Bertz CT molecular complexity index is 820. The van der Waals surface area contributed by atoms with Crippen LogP contribution in [-0.2, 0) is 0 Å². The van der Waals surface area contributed by atoms with Gasteiger partial charge in [0.1, 0.15) is 0 Å². The van der Waals surface area contributed by atoms with Crippen molar-refractivity contribution in [3.63, 3.8) is 0 Å². The third kappa shape index (κ3) is 4.47. The second-order valence-corrected chi connectivity index (χ2v) is 13.7. The fraction of sp³-hybridized carbons (Fsp3) is 0. The van der Waals surface area contributed by atoms with Crippen molar-refractivity contribution in [1.29, 1.82) is 0 Å². The van der Waals surface area contributed by atoms with Gasteiger partial charge in [-0.25, -0.2) is 0 Å². The van der Waals surface area contributed by atoms with Crippen LogP contribution in [0.15, 0.2) is 121 Å². The quantitative estimate of drug-likeness (QED) is 0.258. The lowest BCUT2D eigenvalue weighted by Gasteiger charge is -2.29. The van der Waals surface area contributed by atoms with Gasteiger partial charge < -0.3 is 0 Å². The summed E-state index contributed by atoms with van der Waals surface area (Å²) in [5.41, 5.74) is 0. The second-order valence-electron chi connectivity index (χ2n) is 6.39. The number of halogens is 1. The summed E-state index contributed by atoms with van der Waals surface area (Å²) in [7, 11) is -1.11. The van der Waals surface area contributed by atoms with E-state index in [1.165, 1.54) is 21.2 Å². The molecule has 0 aliphatic heterocycles. The number of hydrogen-bond donors (Lipinski definition) is 0. The van der Waals surface area contributed by atoms with Gasteiger partial charge in [-0.1, -0.05) is 137 Å². The second kappa shape index (κ2) is 9.66. The van der Waals surface area contributed by atoms with Crippen molar-refractivity contribution < 1.29 is 0 Å². The Morgan fingerprint density at radius 1 is 0.393 bits per heavy atom. The van der Waals surface area contributed by atoms with Crippen LogP contribution in [0.1, 0.15) is 0 Å². The van der Waals surface area contributed by atoms with Crippen molar-refractivity contribution >= 4 is 57.6 Å². The Kier molecular flexibility index (Phi) is 6.76. The van der Waals surface area contributed by atoms with Gasteiger partial charge in [-0.15, -0.1) is 15.8 Å². The lowest BCUT2D eigenvalue weighted by atomic mass is 10.4. The van der Waals surface area contributed by atoms with Gasteiger partial charge in [0.25, 0.3) is 4.98 Å². The monoisotopic (exact) mass is 460 g/mol. The highest BCUT2D eigenvalue weighted by Crippen LogP contribution is 2.55. The maximum Gasteiger partial charge on any atom is 0.296 e. The number of rotatable bonds is 6. The molecule has 0 saturated carbocycles. The normalized spacial score (nSPS) is 11.0. The zero-order valence-electron chi connectivity index (χ0n) is 15.4. The van der Waals surface area contributed by atoms with Crippen LogP contribution in [0.2, 0.25) is 0 Å². The third-order valence-electron chi connectivity index (χ3n) is 4.56. The molecule has 4 rings (SSSR count). The molecule has 0 spiro atoms. The molecule has 0 saturated heterocycles. The zero-order valence-corrected chi connectivity index (χ0v) is 18.8. The first kappa shape index (κ1) is 19.6. The van der Waals surface area contributed by atoms with Crippen molar-refractivity contribution in [2.24, 2.45) is 0 Å². The van der Waals surface area contributed by atoms with Gasteiger partial charge in [-0.05, 0) is 21.2 Å². The molecule has 28 heavy (non-hydrogen) atoms. The van der Waals surface area contributed by atoms with Gasteiger partial charge in [0, 0.05) is 0 Å². The molecule has 0 heterocycles. The molecule has 0 aromatic heterocycles. The van der Waals surface area contributed by atoms with Crippen molar-refractivity contribution in [2.45, 2.75) is 0 Å². The first-order valence-corrected chi connectivity index (χ1v) is 13.0. The fourth-order valence-corrected chi connectivity index (χ4v) is 12.2. The van der Waals surface area contributed by atoms with Crippen LogP contribution in [0, 0.1) is 0 Å². The molecule has 4 aromatic carbocycles. The molecule has 0 amide bonds. The lowest BCUT2D eigenvalue weighted by molar-refractivity contribution is 1.76. The summed E-state index contributed by atoms with van der Waals surface area (Å²) in [5.74, 6) is 0. The summed E-state index contributed by atoms with van der Waals surface area (Å²) in [6.07, 6.45) is 0. The van der Waals surface area contributed by atoms with E-state index in [2.05, 4.69) is 137 Å². The van der Waals surface area contributed by atoms with Crippen molar-refractivity contribution in [2.75, 3.05) is 0 Å². The molecule has 4 aromatic rings. The van der Waals surface area contributed by atoms with Crippen LogP contribution < -0.4 is 21.2 Å². The Morgan fingerprint density at radius 3 is 0.821 bits per heavy atom. The molecule has 4 heteroatoms. The van der Waals surface area contributed by atoms with Crippen molar-refractivity contribution in [3.8, 4) is 0 Å². The van der Waals surface area contributed by atoms with E-state index in [9.17, 15) is 0 Å². The van der Waals surface area contributed by atoms with Gasteiger partial charge in [-0.2, -0.15) is 0 Å². The molecule has 0 aliphatic rings. The van der Waals surface area contributed by atoms with Crippen molar-refractivity contribution in [1.82, 2.24) is 0 Å². The van der Waals surface area contributed by atoms with Crippen molar-refractivity contribution in [3.05, 3.63) is 121 Å². The molecule has 0 radical (unpaired) electrons. The minimum absolute atomic E-state index is 0.340. The molecule has 0 fully saturated rings. The van der Waals surface area contributed by atoms with E-state index in [-0.39, 0.29) is 0 Å². The lowest BCUT2D eigenvalue weighted by Crippen LogP contribution is -2.27. The predicted molar refractivity (Wildman–Crippen MR) is 133 cm³/mol. The van der Waals surface area contributed by atoms with E-state index in [0.717, 1.165) is 0 Å². The first-order chi connectivity index (χ1) is 13.8. The Balaban J connectivity index is 1.84. The summed E-state index contributed by atoms with van der Waals surface area (Å²) in [5, 5.41) is 5.63. The topological polar surface area (TPSA) is 0 Å². The standard InChI is InChI=1S/C24H20BBrP2/c26-25(27(21-13-5-1-6-14-21)22-15-7-2-8-16-22)28(23-17-9-3-10-18-23)24-19-11-4-12-20-24/h1-20H. The molecule has 0 bridgehead atoms. The average Bonchev–Trinajstić information content (AvgIpc) is 2.77. The summed E-state index contributed by atoms with van der Waals surface area (Å²) >= 11 is 4.22. The van der Waals surface area contributed by atoms with Gasteiger partial charge >= 0.3 is 0 Å². The number of benzene rings is 4. The minimum Gasteiger partial charge on any atom is -0.141 e. The average molecular weight is 461 g/mol. The summed E-state index contributed by atoms with van der Waals surface area (Å²) in [6.45, 7) is 0. The maximum absolute atomic E-state index is 4.22. The van der Waals surface area contributed by atoms with Gasteiger partial charge in [0.2, 0.25) is 0 Å². The van der Waals surface area contributed by atoms with E-state index in [1.54, 1.807) is 0 Å². The highest BCUT2D eigenvalue weighted by molar-refractivity contribution is 9.32. The van der Waals surface area contributed by atoms with Gasteiger partial charge in [-0.3, -0.25) is 0 Å². The molecule has 0 atom stereocenters. The molecular weight excluding hydrogens is 441 g/mol. The Hall–Kier alpha value is -1.72. The van der Waals surface area contributed by atoms with Crippen LogP contribution >= 0.6 is 31.4 Å². The molecule has 0 unspecified atom stereocenters. The van der Waals surface area contributed by atoms with Crippen LogP contribution in [0.3, 0.4) is 0 Å². The molecular formula is C24H20BBrP2. The van der Waals surface area contributed by atoms with Gasteiger partial charge in [0.15, 0.2) is 0 Å². The van der Waals surface area contributed by atoms with Crippen LogP contribution in [0.25, 0.3) is 0 Å². The first-order valence-electron chi connectivity index (χ1n) is 9.27. The van der Waals surface area contributed by atoms with Crippen LogP contribution in [0.5, 0.6) is 0 Å². The van der Waals surface area contributed by atoms with E-state index in [4.69, 9.17) is 0 Å². The minimum atomic E-state index is -0.553. The SMILES string of the molecule is BrB(P(c1ccccc1)c1ccccc1)P(c1ccccc1)c1ccccc1. The third-order valence-corrected chi connectivity index (χ3v) is 12.7. The molecule has 0 aliphatic carbocycles. The predicted octanol–water partition coefficient (Wildman–Crippen LogP) is 5.63. The van der Waals surface area contributed by atoms with E-state index >= 15 is 0 Å².